The number of alkyl halides is 3. The second kappa shape index (κ2) is 12.1. The van der Waals surface area contributed by atoms with Crippen LogP contribution in [0.15, 0.2) is 58.8 Å². The van der Waals surface area contributed by atoms with E-state index in [2.05, 4.69) is 31.0 Å². The van der Waals surface area contributed by atoms with Crippen LogP contribution in [0.1, 0.15) is 17.5 Å². The predicted octanol–water partition coefficient (Wildman–Crippen LogP) is 4.74. The van der Waals surface area contributed by atoms with Gasteiger partial charge in [0.1, 0.15) is 10.7 Å². The van der Waals surface area contributed by atoms with Gasteiger partial charge in [0.2, 0.25) is 0 Å². The Morgan fingerprint density at radius 1 is 1.24 bits per heavy atom. The summed E-state index contributed by atoms with van der Waals surface area (Å²) >= 11 is 1.12. The fraction of sp³-hybridized carbons (Fsp3) is 0.333. The maximum atomic E-state index is 14.9. The first-order valence-corrected chi connectivity index (χ1v) is 13.6. The Hall–Kier alpha value is -3.23. The van der Waals surface area contributed by atoms with E-state index in [1.54, 1.807) is 5.38 Å². The van der Waals surface area contributed by atoms with Crippen molar-refractivity contribution in [2.75, 3.05) is 29.8 Å². The van der Waals surface area contributed by atoms with Gasteiger partial charge in [0.15, 0.2) is 5.82 Å². The number of aromatic nitrogens is 1. The molecule has 1 aliphatic rings. The molecule has 14 heteroatoms. The van der Waals surface area contributed by atoms with E-state index in [0.717, 1.165) is 37.6 Å². The smallest absolute Gasteiger partial charge is 0.475 e. The van der Waals surface area contributed by atoms with Gasteiger partial charge in [0.05, 0.1) is 0 Å². The molecule has 0 bridgehead atoms. The number of benzene rings is 2. The molecule has 4 rings (SSSR count). The largest absolute Gasteiger partial charge is 0.490 e. The van der Waals surface area contributed by atoms with Crippen LogP contribution >= 0.6 is 11.5 Å². The fourth-order valence-corrected chi connectivity index (χ4v) is 5.67. The number of sulfonamides is 1. The van der Waals surface area contributed by atoms with Crippen LogP contribution in [-0.4, -0.2) is 61.1 Å². The Bertz CT molecular complexity index is 1340. The molecule has 0 saturated carbocycles. The molecule has 206 valence electrons. The van der Waals surface area contributed by atoms with Gasteiger partial charge in [0.25, 0.3) is 10.0 Å². The van der Waals surface area contributed by atoms with Crippen LogP contribution in [0.4, 0.5) is 29.1 Å². The third-order valence-corrected chi connectivity index (χ3v) is 7.81. The standard InChI is InChI=1S/C22H25FN4O2S2.C2HF3O2/c1-16-12-21(31(28,29)25-22-9-11-30-24-22)19(23)13-20(16)26(2)18-8-10-27(15-18)14-17-6-4-3-5-7-17;3-2(4,5)1(6)7/h3-7,9,11-13,18H,8,10,14-15H2,1-2H3,(H,24,25);(H,6,7). The number of hydrogen-bond donors (Lipinski definition) is 2. The molecule has 0 amide bonds. The van der Waals surface area contributed by atoms with Gasteiger partial charge in [-0.1, -0.05) is 30.3 Å². The lowest BCUT2D eigenvalue weighted by Crippen LogP contribution is -2.35. The number of likely N-dealkylation sites (tertiary alicyclic amines) is 1. The van der Waals surface area contributed by atoms with Gasteiger partial charge >= 0.3 is 12.1 Å². The first kappa shape index (κ1) is 29.3. The summed E-state index contributed by atoms with van der Waals surface area (Å²) < 4.78 is 78.1. The van der Waals surface area contributed by atoms with Crippen molar-refractivity contribution in [3.63, 3.8) is 0 Å². The van der Waals surface area contributed by atoms with Gasteiger partial charge in [-0.05, 0) is 54.2 Å². The van der Waals surface area contributed by atoms with Crippen LogP contribution in [0.5, 0.6) is 0 Å². The van der Waals surface area contributed by atoms with Crippen LogP contribution in [-0.2, 0) is 21.4 Å². The third kappa shape index (κ3) is 7.65. The van der Waals surface area contributed by atoms with E-state index < -0.39 is 28.0 Å². The zero-order chi connectivity index (χ0) is 28.1. The van der Waals surface area contributed by atoms with Crippen molar-refractivity contribution in [1.29, 1.82) is 0 Å². The van der Waals surface area contributed by atoms with Gasteiger partial charge in [-0.3, -0.25) is 9.62 Å². The molecule has 8 nitrogen and oxygen atoms in total. The van der Waals surface area contributed by atoms with E-state index in [0.29, 0.717) is 11.3 Å². The Morgan fingerprint density at radius 2 is 1.89 bits per heavy atom. The highest BCUT2D eigenvalue weighted by Gasteiger charge is 2.38. The van der Waals surface area contributed by atoms with Crippen LogP contribution in [0.2, 0.25) is 0 Å². The Balaban J connectivity index is 0.000000505. The zero-order valence-electron chi connectivity index (χ0n) is 20.4. The molecule has 2 N–H and O–H groups in total. The van der Waals surface area contributed by atoms with Crippen molar-refractivity contribution in [1.82, 2.24) is 9.27 Å². The maximum Gasteiger partial charge on any atom is 0.490 e. The van der Waals surface area contributed by atoms with Crippen molar-refractivity contribution >= 4 is 39.0 Å². The highest BCUT2D eigenvalue weighted by atomic mass is 32.2. The van der Waals surface area contributed by atoms with E-state index >= 15 is 0 Å². The van der Waals surface area contributed by atoms with E-state index in [-0.39, 0.29) is 16.8 Å². The molecule has 1 aliphatic heterocycles. The number of halogens is 4. The van der Waals surface area contributed by atoms with Crippen molar-refractivity contribution < 1.29 is 35.9 Å². The molecule has 0 radical (unpaired) electrons. The molecule has 2 heterocycles. The predicted molar refractivity (Wildman–Crippen MR) is 136 cm³/mol. The van der Waals surface area contributed by atoms with Gasteiger partial charge in [0, 0.05) is 43.8 Å². The lowest BCUT2D eigenvalue weighted by atomic mass is 10.1. The molecule has 3 aromatic rings. The number of carbonyl (C=O) groups is 1. The molecule has 38 heavy (non-hydrogen) atoms. The summed E-state index contributed by atoms with van der Waals surface area (Å²) in [6, 6.07) is 14.8. The van der Waals surface area contributed by atoms with E-state index in [9.17, 15) is 26.0 Å². The number of anilines is 2. The normalized spacial score (nSPS) is 16.0. The summed E-state index contributed by atoms with van der Waals surface area (Å²) in [5.41, 5.74) is 2.69. The second-order valence-corrected chi connectivity index (χ2v) is 11.0. The summed E-state index contributed by atoms with van der Waals surface area (Å²) in [5, 5.41) is 8.78. The number of carboxylic acid groups (broad SMARTS) is 1. The first-order chi connectivity index (χ1) is 17.8. The second-order valence-electron chi connectivity index (χ2n) is 8.64. The highest BCUT2D eigenvalue weighted by Crippen LogP contribution is 2.30. The lowest BCUT2D eigenvalue weighted by molar-refractivity contribution is -0.192. The number of rotatable bonds is 7. The van der Waals surface area contributed by atoms with Crippen LogP contribution in [0.3, 0.4) is 0 Å². The molecule has 2 aromatic carbocycles. The number of aliphatic carboxylic acids is 1. The van der Waals surface area contributed by atoms with Crippen molar-refractivity contribution in [3.05, 3.63) is 70.9 Å². The molecule has 1 unspecified atom stereocenters. The van der Waals surface area contributed by atoms with E-state index in [4.69, 9.17) is 9.90 Å². The summed E-state index contributed by atoms with van der Waals surface area (Å²) in [5.74, 6) is -3.34. The first-order valence-electron chi connectivity index (χ1n) is 11.3. The third-order valence-electron chi connectivity index (χ3n) is 5.88. The lowest BCUT2D eigenvalue weighted by Gasteiger charge is -2.29. The quantitative estimate of drug-likeness (QED) is 0.393. The Morgan fingerprint density at radius 3 is 2.47 bits per heavy atom. The average Bonchev–Trinajstić information content (AvgIpc) is 3.52. The molecule has 1 fully saturated rings. The molecular formula is C24H26F4N4O4S2. The number of hydrogen-bond acceptors (Lipinski definition) is 7. The van der Waals surface area contributed by atoms with Gasteiger partial charge in [-0.15, -0.1) is 0 Å². The topological polar surface area (TPSA) is 103 Å². The fourth-order valence-electron chi connectivity index (χ4n) is 4.00. The number of aryl methyl sites for hydroxylation is 1. The molecule has 0 aliphatic carbocycles. The van der Waals surface area contributed by atoms with Gasteiger partial charge in [-0.25, -0.2) is 17.6 Å². The van der Waals surface area contributed by atoms with Gasteiger partial charge in [-0.2, -0.15) is 17.5 Å². The number of likely N-dealkylation sites (N-methyl/N-ethyl adjacent to an activating group) is 1. The summed E-state index contributed by atoms with van der Waals surface area (Å²) in [7, 11) is -2.10. The van der Waals surface area contributed by atoms with Crippen molar-refractivity contribution in [3.8, 4) is 0 Å². The molecule has 1 atom stereocenters. The monoisotopic (exact) mass is 574 g/mol. The summed E-state index contributed by atoms with van der Waals surface area (Å²) in [6.45, 7) is 4.54. The van der Waals surface area contributed by atoms with E-state index in [1.807, 2.05) is 32.2 Å². The SMILES string of the molecule is Cc1cc(S(=O)(=O)Nc2ccsn2)c(F)cc1N(C)C1CCN(Cc2ccccc2)C1.O=C(O)C(F)(F)F. The van der Waals surface area contributed by atoms with Gasteiger partial charge < -0.3 is 10.0 Å². The number of nitrogens with one attached hydrogen (secondary N) is 1. The average molecular weight is 575 g/mol. The van der Waals surface area contributed by atoms with Crippen molar-refractivity contribution in [2.24, 2.45) is 0 Å². The van der Waals surface area contributed by atoms with Crippen LogP contribution < -0.4 is 9.62 Å². The molecule has 1 aromatic heterocycles. The maximum absolute atomic E-state index is 14.9. The molecule has 0 spiro atoms. The van der Waals surface area contributed by atoms with Crippen LogP contribution in [0, 0.1) is 12.7 Å². The number of nitrogens with zero attached hydrogens (tertiary/aromatic N) is 3. The summed E-state index contributed by atoms with van der Waals surface area (Å²) in [6.07, 6.45) is -4.12. The minimum absolute atomic E-state index is 0.188. The minimum atomic E-state index is -5.08. The molecular weight excluding hydrogens is 548 g/mol. The highest BCUT2D eigenvalue weighted by molar-refractivity contribution is 7.92. The zero-order valence-corrected chi connectivity index (χ0v) is 22.1. The van der Waals surface area contributed by atoms with Crippen molar-refractivity contribution in [2.45, 2.75) is 37.0 Å². The Labute approximate surface area is 221 Å². The Kier molecular flexibility index (Phi) is 9.33. The molecule has 1 saturated heterocycles. The minimum Gasteiger partial charge on any atom is -0.475 e. The van der Waals surface area contributed by atoms with E-state index in [1.165, 1.54) is 23.8 Å². The summed E-state index contributed by atoms with van der Waals surface area (Å²) in [4.78, 5) is 13.0. The van der Waals surface area contributed by atoms with Crippen LogP contribution in [0.25, 0.3) is 0 Å². The number of carboxylic acids is 1.